The molecule has 0 saturated carbocycles. The Labute approximate surface area is 151 Å². The molecule has 2 aromatic rings. The van der Waals surface area contributed by atoms with Crippen LogP contribution in [0.15, 0.2) is 42.7 Å². The van der Waals surface area contributed by atoms with Crippen LogP contribution in [0.3, 0.4) is 0 Å². The number of hydrogen-bond acceptors (Lipinski definition) is 4. The van der Waals surface area contributed by atoms with E-state index in [1.807, 2.05) is 12.1 Å². The van der Waals surface area contributed by atoms with Gasteiger partial charge in [-0.05, 0) is 36.2 Å². The summed E-state index contributed by atoms with van der Waals surface area (Å²) in [7, 11) is -2.40. The minimum Gasteiger partial charge on any atom is -0.344 e. The molecule has 1 aromatic carbocycles. The van der Waals surface area contributed by atoms with Crippen LogP contribution in [0.1, 0.15) is 5.56 Å². The normalized spacial score (nSPS) is 11.2. The molecule has 0 spiro atoms. The van der Waals surface area contributed by atoms with Gasteiger partial charge in [0, 0.05) is 32.1 Å². The number of carbonyl (C=O) groups excluding carboxylic acids is 1. The fourth-order valence-electron chi connectivity index (χ4n) is 2.28. The van der Waals surface area contributed by atoms with E-state index in [1.165, 1.54) is 11.9 Å². The smallest absolute Gasteiger partial charge is 0.243 e. The number of rotatable bonds is 7. The van der Waals surface area contributed by atoms with Crippen LogP contribution in [-0.2, 0) is 21.2 Å². The third-order valence-electron chi connectivity index (χ3n) is 3.77. The van der Waals surface area contributed by atoms with Crippen LogP contribution in [0.25, 0.3) is 0 Å². The van der Waals surface area contributed by atoms with E-state index in [0.717, 1.165) is 24.0 Å². The number of nitrogens with zero attached hydrogens (tertiary/aromatic N) is 3. The predicted octanol–water partition coefficient (Wildman–Crippen LogP) is 1.83. The van der Waals surface area contributed by atoms with E-state index in [9.17, 15) is 22.0 Å². The van der Waals surface area contributed by atoms with Crippen molar-refractivity contribution in [3.05, 3.63) is 59.9 Å². The van der Waals surface area contributed by atoms with Gasteiger partial charge in [0.15, 0.2) is 0 Å². The van der Waals surface area contributed by atoms with Crippen LogP contribution in [0.5, 0.6) is 0 Å². The average molecular weight is 383 g/mol. The summed E-state index contributed by atoms with van der Waals surface area (Å²) < 4.78 is 51.7. The number of amides is 1. The van der Waals surface area contributed by atoms with E-state index in [4.69, 9.17) is 0 Å². The highest BCUT2D eigenvalue weighted by Crippen LogP contribution is 2.22. The zero-order valence-electron chi connectivity index (χ0n) is 14.4. The van der Waals surface area contributed by atoms with E-state index in [1.54, 1.807) is 12.4 Å². The lowest BCUT2D eigenvalue weighted by atomic mass is 10.2. The van der Waals surface area contributed by atoms with Crippen molar-refractivity contribution in [1.82, 2.24) is 9.88 Å². The van der Waals surface area contributed by atoms with Gasteiger partial charge >= 0.3 is 0 Å². The fraction of sp³-hybridized carbons (Fsp3) is 0.294. The Balaban J connectivity index is 2.11. The predicted molar refractivity (Wildman–Crippen MR) is 94.1 cm³/mol. The number of aromatic nitrogens is 1. The molecule has 0 bridgehead atoms. The Hall–Kier alpha value is -2.55. The quantitative estimate of drug-likeness (QED) is 0.731. The molecule has 9 heteroatoms. The van der Waals surface area contributed by atoms with Gasteiger partial charge in [0.1, 0.15) is 18.2 Å². The second kappa shape index (κ2) is 8.22. The SMILES string of the molecule is CN(CCc1ccncc1)C(=O)CN(c1ccc(F)cc1F)S(C)(=O)=O. The molecule has 6 nitrogen and oxygen atoms in total. The maximum Gasteiger partial charge on any atom is 0.243 e. The highest BCUT2D eigenvalue weighted by Gasteiger charge is 2.25. The Morgan fingerprint density at radius 1 is 1.15 bits per heavy atom. The molecule has 0 N–H and O–H groups in total. The zero-order valence-corrected chi connectivity index (χ0v) is 15.2. The maximum absolute atomic E-state index is 14.0. The number of anilines is 1. The van der Waals surface area contributed by atoms with Crippen molar-refractivity contribution in [3.8, 4) is 0 Å². The van der Waals surface area contributed by atoms with Crippen molar-refractivity contribution in [2.24, 2.45) is 0 Å². The first-order chi connectivity index (χ1) is 12.2. The lowest BCUT2D eigenvalue weighted by molar-refractivity contribution is -0.128. The standard InChI is InChI=1S/C17H19F2N3O3S/c1-21(10-7-13-5-8-20-9-6-13)17(23)12-22(26(2,24)25)16-4-3-14(18)11-15(16)19/h3-6,8-9,11H,7,10,12H2,1-2H3. The van der Waals surface area contributed by atoms with Gasteiger partial charge in [-0.25, -0.2) is 17.2 Å². The zero-order chi connectivity index (χ0) is 19.3. The molecule has 1 heterocycles. The molecule has 1 amide bonds. The van der Waals surface area contributed by atoms with Gasteiger partial charge in [0.2, 0.25) is 15.9 Å². The summed E-state index contributed by atoms with van der Waals surface area (Å²) in [5.74, 6) is -2.39. The molecule has 0 aliphatic rings. The first-order valence-electron chi connectivity index (χ1n) is 7.74. The van der Waals surface area contributed by atoms with Crippen molar-refractivity contribution in [2.45, 2.75) is 6.42 Å². The summed E-state index contributed by atoms with van der Waals surface area (Å²) >= 11 is 0. The molecule has 140 valence electrons. The highest BCUT2D eigenvalue weighted by molar-refractivity contribution is 7.92. The number of carbonyl (C=O) groups is 1. The van der Waals surface area contributed by atoms with Gasteiger partial charge in [-0.2, -0.15) is 0 Å². The van der Waals surface area contributed by atoms with Crippen molar-refractivity contribution >= 4 is 21.6 Å². The lowest BCUT2D eigenvalue weighted by Crippen LogP contribution is -2.42. The van der Waals surface area contributed by atoms with E-state index in [0.29, 0.717) is 23.3 Å². The highest BCUT2D eigenvalue weighted by atomic mass is 32.2. The van der Waals surface area contributed by atoms with Gasteiger partial charge in [0.05, 0.1) is 11.9 Å². The molecular formula is C17H19F2N3O3S. The van der Waals surface area contributed by atoms with Gasteiger partial charge in [0.25, 0.3) is 0 Å². The van der Waals surface area contributed by atoms with E-state index in [-0.39, 0.29) is 5.69 Å². The van der Waals surface area contributed by atoms with E-state index >= 15 is 0 Å². The molecule has 0 atom stereocenters. The lowest BCUT2D eigenvalue weighted by Gasteiger charge is -2.25. The number of hydrogen-bond donors (Lipinski definition) is 0. The molecule has 0 unspecified atom stereocenters. The number of benzene rings is 1. The molecular weight excluding hydrogens is 364 g/mol. The fourth-order valence-corrected chi connectivity index (χ4v) is 3.13. The number of halogens is 2. The summed E-state index contributed by atoms with van der Waals surface area (Å²) in [6.07, 6.45) is 4.70. The third kappa shape index (κ3) is 5.22. The van der Waals surface area contributed by atoms with Crippen LogP contribution < -0.4 is 4.31 Å². The summed E-state index contributed by atoms with van der Waals surface area (Å²) in [6.45, 7) is -0.222. The van der Waals surface area contributed by atoms with Gasteiger partial charge in [-0.3, -0.25) is 14.1 Å². The van der Waals surface area contributed by atoms with E-state index in [2.05, 4.69) is 4.98 Å². The summed E-state index contributed by atoms with van der Waals surface area (Å²) in [5.41, 5.74) is 0.606. The van der Waals surface area contributed by atoms with Gasteiger partial charge < -0.3 is 4.90 Å². The maximum atomic E-state index is 14.0. The summed E-state index contributed by atoms with van der Waals surface area (Å²) in [5, 5.41) is 0. The number of likely N-dealkylation sites (N-methyl/N-ethyl adjacent to an activating group) is 1. The van der Waals surface area contributed by atoms with Crippen LogP contribution in [0.2, 0.25) is 0 Å². The Kier molecular flexibility index (Phi) is 6.25. The Morgan fingerprint density at radius 3 is 2.38 bits per heavy atom. The largest absolute Gasteiger partial charge is 0.344 e. The first kappa shape index (κ1) is 19.8. The summed E-state index contributed by atoms with van der Waals surface area (Å²) in [6, 6.07) is 6.14. The van der Waals surface area contributed by atoms with Gasteiger partial charge in [-0.1, -0.05) is 0 Å². The Bertz CT molecular complexity index is 876. The van der Waals surface area contributed by atoms with Crippen molar-refractivity contribution in [1.29, 1.82) is 0 Å². The second-order valence-corrected chi connectivity index (χ2v) is 7.69. The Morgan fingerprint density at radius 2 is 1.81 bits per heavy atom. The molecule has 0 aliphatic carbocycles. The molecule has 0 saturated heterocycles. The monoisotopic (exact) mass is 383 g/mol. The van der Waals surface area contributed by atoms with E-state index < -0.39 is 34.1 Å². The topological polar surface area (TPSA) is 70.6 Å². The molecule has 26 heavy (non-hydrogen) atoms. The number of pyridine rings is 1. The molecule has 0 aliphatic heterocycles. The van der Waals surface area contributed by atoms with Crippen LogP contribution in [0.4, 0.5) is 14.5 Å². The molecule has 0 fully saturated rings. The molecule has 1 aromatic heterocycles. The minimum absolute atomic E-state index is 0.354. The van der Waals surface area contributed by atoms with Crippen LogP contribution in [-0.4, -0.2) is 50.6 Å². The van der Waals surface area contributed by atoms with Crippen LogP contribution >= 0.6 is 0 Å². The van der Waals surface area contributed by atoms with Crippen molar-refractivity contribution < 1.29 is 22.0 Å². The van der Waals surface area contributed by atoms with Crippen molar-refractivity contribution in [3.63, 3.8) is 0 Å². The van der Waals surface area contributed by atoms with Crippen LogP contribution in [0, 0.1) is 11.6 Å². The minimum atomic E-state index is -3.93. The average Bonchev–Trinajstić information content (AvgIpc) is 2.58. The third-order valence-corrected chi connectivity index (χ3v) is 4.90. The molecule has 0 radical (unpaired) electrons. The van der Waals surface area contributed by atoms with Gasteiger partial charge in [-0.15, -0.1) is 0 Å². The molecule has 2 rings (SSSR count). The second-order valence-electron chi connectivity index (χ2n) is 5.79. The summed E-state index contributed by atoms with van der Waals surface area (Å²) in [4.78, 5) is 17.7. The van der Waals surface area contributed by atoms with Crippen molar-refractivity contribution in [2.75, 3.05) is 30.7 Å². The number of sulfonamides is 1. The first-order valence-corrected chi connectivity index (χ1v) is 9.59.